The third kappa shape index (κ3) is 3.80. The molecule has 0 radical (unpaired) electrons. The van der Waals surface area contributed by atoms with Gasteiger partial charge in [-0.2, -0.15) is 0 Å². The van der Waals surface area contributed by atoms with Crippen LogP contribution in [0.25, 0.3) is 22.2 Å². The molecule has 2 heterocycles. The Bertz CT molecular complexity index is 1070. The van der Waals surface area contributed by atoms with Gasteiger partial charge >= 0.3 is 0 Å². The largest absolute Gasteiger partial charge is 0.491 e. The molecular formula is C20H23N3O4S. The lowest BCUT2D eigenvalue weighted by Gasteiger charge is -2.11. The van der Waals surface area contributed by atoms with E-state index in [1.54, 1.807) is 19.3 Å². The standard InChI is InChI=1S/C20H23N3O4S/c1-22(2)28-26-11-12-7-15(14-9-17(25-4)20(24)23(3)10-14)18-16(8-12)21-19(27-18)13-5-6-13/h7-10,13H,5-6,11H2,1-4H3. The molecule has 1 fully saturated rings. The Hall–Kier alpha value is -2.29. The minimum Gasteiger partial charge on any atom is -0.491 e. The van der Waals surface area contributed by atoms with Gasteiger partial charge in [0.1, 0.15) is 5.52 Å². The Kier molecular flexibility index (Phi) is 5.18. The van der Waals surface area contributed by atoms with E-state index in [1.807, 2.05) is 30.5 Å². The van der Waals surface area contributed by atoms with E-state index >= 15 is 0 Å². The second kappa shape index (κ2) is 7.62. The van der Waals surface area contributed by atoms with Gasteiger partial charge in [0.15, 0.2) is 17.2 Å². The van der Waals surface area contributed by atoms with Gasteiger partial charge in [-0.15, -0.1) is 0 Å². The summed E-state index contributed by atoms with van der Waals surface area (Å²) in [6, 6.07) is 5.78. The van der Waals surface area contributed by atoms with E-state index in [2.05, 4.69) is 0 Å². The van der Waals surface area contributed by atoms with Gasteiger partial charge in [0.25, 0.3) is 5.56 Å². The van der Waals surface area contributed by atoms with Crippen LogP contribution >= 0.6 is 12.2 Å². The zero-order valence-corrected chi connectivity index (χ0v) is 17.2. The third-order valence-corrected chi connectivity index (χ3v) is 5.12. The average molecular weight is 401 g/mol. The van der Waals surface area contributed by atoms with Crippen molar-refractivity contribution in [1.29, 1.82) is 0 Å². The summed E-state index contributed by atoms with van der Waals surface area (Å²) in [5.41, 5.74) is 4.05. The van der Waals surface area contributed by atoms with Crippen LogP contribution < -0.4 is 10.3 Å². The fourth-order valence-corrected chi connectivity index (χ4v) is 3.49. The van der Waals surface area contributed by atoms with Gasteiger partial charge in [-0.1, -0.05) is 0 Å². The summed E-state index contributed by atoms with van der Waals surface area (Å²) >= 11 is 1.29. The second-order valence-corrected chi connectivity index (χ2v) is 8.30. The first-order valence-corrected chi connectivity index (χ1v) is 9.81. The van der Waals surface area contributed by atoms with Crippen LogP contribution in [-0.2, 0) is 17.8 Å². The first kappa shape index (κ1) is 19.0. The number of nitrogens with zero attached hydrogens (tertiary/aromatic N) is 3. The molecule has 148 valence electrons. The number of oxazole rings is 1. The van der Waals surface area contributed by atoms with Gasteiger partial charge in [-0.05, 0) is 50.7 Å². The molecule has 0 N–H and O–H groups in total. The lowest BCUT2D eigenvalue weighted by molar-refractivity contribution is 0.346. The van der Waals surface area contributed by atoms with Crippen LogP contribution in [0.15, 0.2) is 33.6 Å². The Morgan fingerprint density at radius 2 is 2.11 bits per heavy atom. The molecule has 0 atom stereocenters. The summed E-state index contributed by atoms with van der Waals surface area (Å²) in [6.45, 7) is 0.431. The summed E-state index contributed by atoms with van der Waals surface area (Å²) < 4.78 is 20.5. The molecule has 3 aromatic rings. The highest BCUT2D eigenvalue weighted by atomic mass is 32.2. The Labute approximate surface area is 167 Å². The molecule has 4 rings (SSSR count). The molecule has 0 amide bonds. The number of hydrogen-bond acceptors (Lipinski definition) is 7. The molecule has 1 saturated carbocycles. The molecule has 0 bridgehead atoms. The van der Waals surface area contributed by atoms with Crippen LogP contribution in [0.5, 0.6) is 5.75 Å². The molecule has 1 aliphatic rings. The number of aromatic nitrogens is 2. The van der Waals surface area contributed by atoms with Crippen molar-refractivity contribution >= 4 is 23.3 Å². The lowest BCUT2D eigenvalue weighted by atomic mass is 10.0. The Morgan fingerprint density at radius 1 is 1.32 bits per heavy atom. The van der Waals surface area contributed by atoms with Crippen molar-refractivity contribution in [3.8, 4) is 16.9 Å². The monoisotopic (exact) mass is 401 g/mol. The SMILES string of the molecule is COc1cc(-c2cc(COSN(C)C)cc3nc(C4CC4)oc23)cn(C)c1=O. The van der Waals surface area contributed by atoms with Crippen molar-refractivity contribution in [3.05, 3.63) is 46.2 Å². The highest BCUT2D eigenvalue weighted by Crippen LogP contribution is 2.42. The maximum absolute atomic E-state index is 12.2. The summed E-state index contributed by atoms with van der Waals surface area (Å²) in [4.78, 5) is 16.9. The van der Waals surface area contributed by atoms with Gasteiger partial charge in [0.05, 0.1) is 25.9 Å². The number of pyridine rings is 1. The second-order valence-electron chi connectivity index (χ2n) is 7.18. The zero-order chi connectivity index (χ0) is 19.8. The summed E-state index contributed by atoms with van der Waals surface area (Å²) in [5, 5.41) is 0. The van der Waals surface area contributed by atoms with Gasteiger partial charge < -0.3 is 13.7 Å². The van der Waals surface area contributed by atoms with E-state index in [1.165, 1.54) is 23.9 Å². The summed E-state index contributed by atoms with van der Waals surface area (Å²) in [7, 11) is 7.06. The Morgan fingerprint density at radius 3 is 2.79 bits per heavy atom. The van der Waals surface area contributed by atoms with Crippen LogP contribution in [0.2, 0.25) is 0 Å². The van der Waals surface area contributed by atoms with Crippen molar-refractivity contribution in [2.45, 2.75) is 25.4 Å². The van der Waals surface area contributed by atoms with E-state index in [0.29, 0.717) is 18.3 Å². The number of ether oxygens (including phenoxy) is 1. The van der Waals surface area contributed by atoms with Gasteiger partial charge in [0.2, 0.25) is 0 Å². The first-order chi connectivity index (χ1) is 13.5. The fraction of sp³-hybridized carbons (Fsp3) is 0.400. The highest BCUT2D eigenvalue weighted by Gasteiger charge is 2.29. The highest BCUT2D eigenvalue weighted by molar-refractivity contribution is 7.92. The van der Waals surface area contributed by atoms with Crippen LogP contribution in [-0.4, -0.2) is 35.1 Å². The number of rotatable bonds is 7. The van der Waals surface area contributed by atoms with Crippen molar-refractivity contribution in [2.24, 2.45) is 7.05 Å². The maximum Gasteiger partial charge on any atom is 0.292 e. The van der Waals surface area contributed by atoms with E-state index in [4.69, 9.17) is 18.3 Å². The summed E-state index contributed by atoms with van der Waals surface area (Å²) in [6.07, 6.45) is 4.02. The first-order valence-electron chi connectivity index (χ1n) is 9.11. The predicted molar refractivity (Wildman–Crippen MR) is 109 cm³/mol. The summed E-state index contributed by atoms with van der Waals surface area (Å²) in [5.74, 6) is 1.49. The average Bonchev–Trinajstić information content (AvgIpc) is 3.42. The predicted octanol–water partition coefficient (Wildman–Crippen LogP) is 3.72. The molecule has 1 aromatic carbocycles. The number of benzene rings is 1. The van der Waals surface area contributed by atoms with Crippen molar-refractivity contribution in [2.75, 3.05) is 21.2 Å². The third-order valence-electron chi connectivity index (χ3n) is 4.60. The molecule has 1 aliphatic carbocycles. The van der Waals surface area contributed by atoms with E-state index in [0.717, 1.165) is 46.5 Å². The number of fused-ring (bicyclic) bond motifs is 1. The topological polar surface area (TPSA) is 69.7 Å². The lowest BCUT2D eigenvalue weighted by Crippen LogP contribution is -2.17. The van der Waals surface area contributed by atoms with E-state index < -0.39 is 0 Å². The molecular weight excluding hydrogens is 378 g/mol. The number of hydrogen-bond donors (Lipinski definition) is 0. The maximum atomic E-state index is 12.2. The molecule has 2 aromatic heterocycles. The normalized spacial score (nSPS) is 14.2. The molecule has 0 unspecified atom stereocenters. The molecule has 28 heavy (non-hydrogen) atoms. The van der Waals surface area contributed by atoms with Crippen LogP contribution in [0, 0.1) is 0 Å². The van der Waals surface area contributed by atoms with Gasteiger partial charge in [0, 0.05) is 30.3 Å². The number of methoxy groups -OCH3 is 1. The molecule has 0 aliphatic heterocycles. The van der Waals surface area contributed by atoms with E-state index in [9.17, 15) is 4.79 Å². The Balaban J connectivity index is 1.82. The van der Waals surface area contributed by atoms with Crippen molar-refractivity contribution in [3.63, 3.8) is 0 Å². The van der Waals surface area contributed by atoms with Gasteiger partial charge in [-0.3, -0.25) is 8.98 Å². The molecule has 8 heteroatoms. The van der Waals surface area contributed by atoms with Crippen molar-refractivity contribution < 1.29 is 13.3 Å². The van der Waals surface area contributed by atoms with Crippen molar-refractivity contribution in [1.82, 2.24) is 13.9 Å². The molecule has 0 saturated heterocycles. The van der Waals surface area contributed by atoms with Crippen LogP contribution in [0.3, 0.4) is 0 Å². The quantitative estimate of drug-likeness (QED) is 0.441. The minimum absolute atomic E-state index is 0.180. The van der Waals surface area contributed by atoms with E-state index in [-0.39, 0.29) is 5.56 Å². The zero-order valence-electron chi connectivity index (χ0n) is 16.4. The number of aryl methyl sites for hydroxylation is 1. The molecule has 7 nitrogen and oxygen atoms in total. The minimum atomic E-state index is -0.180. The van der Waals surface area contributed by atoms with Crippen LogP contribution in [0.1, 0.15) is 30.2 Å². The fourth-order valence-electron chi connectivity index (χ4n) is 3.09. The molecule has 0 spiro atoms. The van der Waals surface area contributed by atoms with Gasteiger partial charge in [-0.25, -0.2) is 9.29 Å². The van der Waals surface area contributed by atoms with Crippen LogP contribution in [0.4, 0.5) is 0 Å². The smallest absolute Gasteiger partial charge is 0.292 e.